The Bertz CT molecular complexity index is 977. The molecular weight excluding hydrogens is 434 g/mol. The summed E-state index contributed by atoms with van der Waals surface area (Å²) in [5.74, 6) is 1.44. The van der Waals surface area contributed by atoms with Crippen molar-refractivity contribution in [2.24, 2.45) is 0 Å². The largest absolute Gasteiger partial charge is 0.493 e. The van der Waals surface area contributed by atoms with Crippen molar-refractivity contribution in [3.05, 3.63) is 47.1 Å². The van der Waals surface area contributed by atoms with Gasteiger partial charge in [0.2, 0.25) is 0 Å². The second kappa shape index (κ2) is 9.52. The fourth-order valence-corrected chi connectivity index (χ4v) is 3.82. The van der Waals surface area contributed by atoms with Crippen LogP contribution in [0.4, 0.5) is 0 Å². The highest BCUT2D eigenvalue weighted by atomic mass is 79.9. The number of hydrogen-bond donors (Lipinski definition) is 0. The maximum Gasteiger partial charge on any atom is 0.161 e. The molecule has 1 fully saturated rings. The summed E-state index contributed by atoms with van der Waals surface area (Å²) >= 11 is 3.55. The molecule has 1 saturated heterocycles. The molecule has 2 aromatic carbocycles. The van der Waals surface area contributed by atoms with E-state index in [1.807, 2.05) is 36.4 Å². The SMILES string of the molecule is COc1cc(-c2cnc3cccc(Br)c3n2)ccc1OCCCN1CCOCC1. The Morgan fingerprint density at radius 1 is 1.14 bits per heavy atom. The molecule has 2 heterocycles. The second-order valence-corrected chi connectivity index (χ2v) is 7.74. The van der Waals surface area contributed by atoms with Gasteiger partial charge in [0.1, 0.15) is 5.52 Å². The molecule has 0 amide bonds. The number of methoxy groups -OCH3 is 1. The number of aromatic nitrogens is 2. The summed E-state index contributed by atoms with van der Waals surface area (Å²) in [5, 5.41) is 0. The molecule has 0 aliphatic carbocycles. The number of halogens is 1. The molecule has 1 aromatic heterocycles. The lowest BCUT2D eigenvalue weighted by molar-refractivity contribution is 0.0357. The van der Waals surface area contributed by atoms with Crippen LogP contribution in [0.5, 0.6) is 11.5 Å². The fourth-order valence-electron chi connectivity index (χ4n) is 3.38. The van der Waals surface area contributed by atoms with Gasteiger partial charge in [-0.15, -0.1) is 0 Å². The highest BCUT2D eigenvalue weighted by Crippen LogP contribution is 2.33. The van der Waals surface area contributed by atoms with Crippen molar-refractivity contribution in [3.8, 4) is 22.8 Å². The van der Waals surface area contributed by atoms with Gasteiger partial charge in [0, 0.05) is 29.7 Å². The summed E-state index contributed by atoms with van der Waals surface area (Å²) in [6.07, 6.45) is 2.75. The van der Waals surface area contributed by atoms with E-state index >= 15 is 0 Å². The molecule has 0 saturated carbocycles. The van der Waals surface area contributed by atoms with Crippen molar-refractivity contribution < 1.29 is 14.2 Å². The van der Waals surface area contributed by atoms with Crippen molar-refractivity contribution in [1.82, 2.24) is 14.9 Å². The predicted octanol–water partition coefficient (Wildman–Crippen LogP) is 4.17. The summed E-state index contributed by atoms with van der Waals surface area (Å²) in [7, 11) is 1.66. The van der Waals surface area contributed by atoms with Crippen LogP contribution >= 0.6 is 15.9 Å². The maximum atomic E-state index is 5.97. The number of rotatable bonds is 7. The monoisotopic (exact) mass is 457 g/mol. The van der Waals surface area contributed by atoms with Gasteiger partial charge < -0.3 is 14.2 Å². The minimum absolute atomic E-state index is 0.649. The van der Waals surface area contributed by atoms with Gasteiger partial charge in [-0.1, -0.05) is 6.07 Å². The minimum Gasteiger partial charge on any atom is -0.493 e. The summed E-state index contributed by atoms with van der Waals surface area (Å²) in [6.45, 7) is 5.32. The third-order valence-electron chi connectivity index (χ3n) is 4.96. The Morgan fingerprint density at radius 2 is 2.00 bits per heavy atom. The Labute approximate surface area is 178 Å². The summed E-state index contributed by atoms with van der Waals surface area (Å²) in [4.78, 5) is 11.7. The molecule has 0 radical (unpaired) electrons. The molecule has 0 unspecified atom stereocenters. The van der Waals surface area contributed by atoms with E-state index in [0.717, 1.165) is 71.8 Å². The average molecular weight is 458 g/mol. The van der Waals surface area contributed by atoms with E-state index in [1.54, 1.807) is 13.3 Å². The lowest BCUT2D eigenvalue weighted by Gasteiger charge is -2.26. The van der Waals surface area contributed by atoms with E-state index in [2.05, 4.69) is 25.8 Å². The average Bonchev–Trinajstić information content (AvgIpc) is 2.77. The first-order valence-electron chi connectivity index (χ1n) is 9.77. The molecule has 3 aromatic rings. The van der Waals surface area contributed by atoms with Crippen molar-refractivity contribution in [2.45, 2.75) is 6.42 Å². The predicted molar refractivity (Wildman–Crippen MR) is 117 cm³/mol. The lowest BCUT2D eigenvalue weighted by atomic mass is 10.1. The highest BCUT2D eigenvalue weighted by molar-refractivity contribution is 9.10. The fraction of sp³-hybridized carbons (Fsp3) is 0.364. The molecule has 7 heteroatoms. The van der Waals surface area contributed by atoms with Crippen LogP contribution < -0.4 is 9.47 Å². The number of para-hydroxylation sites is 1. The molecule has 6 nitrogen and oxygen atoms in total. The number of morpholine rings is 1. The molecule has 4 rings (SSSR count). The lowest BCUT2D eigenvalue weighted by Crippen LogP contribution is -2.37. The summed E-state index contributed by atoms with van der Waals surface area (Å²) in [5.41, 5.74) is 3.43. The van der Waals surface area contributed by atoms with Crippen LogP contribution in [-0.4, -0.2) is 61.4 Å². The quantitative estimate of drug-likeness (QED) is 0.496. The van der Waals surface area contributed by atoms with Gasteiger partial charge >= 0.3 is 0 Å². The summed E-state index contributed by atoms with van der Waals surface area (Å²) < 4.78 is 17.8. The van der Waals surface area contributed by atoms with E-state index in [0.29, 0.717) is 12.4 Å². The third kappa shape index (κ3) is 4.86. The normalized spacial score (nSPS) is 14.8. The number of hydrogen-bond acceptors (Lipinski definition) is 6. The first-order chi connectivity index (χ1) is 14.2. The third-order valence-corrected chi connectivity index (χ3v) is 5.60. The van der Waals surface area contributed by atoms with Crippen LogP contribution in [0.25, 0.3) is 22.3 Å². The van der Waals surface area contributed by atoms with E-state index in [-0.39, 0.29) is 0 Å². The van der Waals surface area contributed by atoms with Crippen LogP contribution in [0.3, 0.4) is 0 Å². The molecular formula is C22H24BrN3O3. The van der Waals surface area contributed by atoms with Gasteiger partial charge in [-0.3, -0.25) is 9.88 Å². The topological polar surface area (TPSA) is 56.7 Å². The molecule has 0 bridgehead atoms. The molecule has 1 aliphatic rings. The van der Waals surface area contributed by atoms with E-state index < -0.39 is 0 Å². The Morgan fingerprint density at radius 3 is 2.83 bits per heavy atom. The Balaban J connectivity index is 1.44. The van der Waals surface area contributed by atoms with Crippen molar-refractivity contribution >= 4 is 27.0 Å². The summed E-state index contributed by atoms with van der Waals surface area (Å²) in [6, 6.07) is 11.8. The smallest absolute Gasteiger partial charge is 0.161 e. The standard InChI is InChI=1S/C22H24BrN3O3/c1-27-21-14-16(19-15-24-18-5-2-4-17(23)22(18)25-19)6-7-20(21)29-11-3-8-26-9-12-28-13-10-26/h2,4-7,14-15H,3,8-13H2,1H3. The molecule has 29 heavy (non-hydrogen) atoms. The minimum atomic E-state index is 0.649. The number of fused-ring (bicyclic) bond motifs is 1. The zero-order valence-electron chi connectivity index (χ0n) is 16.4. The van der Waals surface area contributed by atoms with Gasteiger partial charge in [-0.05, 0) is 52.7 Å². The van der Waals surface area contributed by atoms with Crippen LogP contribution in [0.1, 0.15) is 6.42 Å². The zero-order valence-corrected chi connectivity index (χ0v) is 18.0. The first kappa shape index (κ1) is 20.1. The second-order valence-electron chi connectivity index (χ2n) is 6.88. The zero-order chi connectivity index (χ0) is 20.1. The Hall–Kier alpha value is -2.22. The van der Waals surface area contributed by atoms with Crippen molar-refractivity contribution in [3.63, 3.8) is 0 Å². The number of benzene rings is 2. The van der Waals surface area contributed by atoms with Crippen molar-refractivity contribution in [2.75, 3.05) is 46.6 Å². The first-order valence-corrected chi connectivity index (χ1v) is 10.6. The highest BCUT2D eigenvalue weighted by Gasteiger charge is 2.12. The van der Waals surface area contributed by atoms with Gasteiger partial charge in [0.25, 0.3) is 0 Å². The van der Waals surface area contributed by atoms with E-state index in [1.165, 1.54) is 0 Å². The van der Waals surface area contributed by atoms with Crippen molar-refractivity contribution in [1.29, 1.82) is 0 Å². The van der Waals surface area contributed by atoms with Gasteiger partial charge in [-0.25, -0.2) is 4.98 Å². The molecule has 1 aliphatic heterocycles. The van der Waals surface area contributed by atoms with Crippen LogP contribution in [0.15, 0.2) is 47.1 Å². The van der Waals surface area contributed by atoms with Gasteiger partial charge in [-0.2, -0.15) is 0 Å². The van der Waals surface area contributed by atoms with Gasteiger partial charge in [0.15, 0.2) is 11.5 Å². The molecule has 0 N–H and O–H groups in total. The molecule has 152 valence electrons. The van der Waals surface area contributed by atoms with E-state index in [4.69, 9.17) is 19.2 Å². The number of nitrogens with zero attached hydrogens (tertiary/aromatic N) is 3. The van der Waals surface area contributed by atoms with Gasteiger partial charge in [0.05, 0.1) is 44.3 Å². The molecule has 0 atom stereocenters. The number of ether oxygens (including phenoxy) is 3. The Kier molecular flexibility index (Phi) is 6.59. The van der Waals surface area contributed by atoms with Crippen LogP contribution in [-0.2, 0) is 4.74 Å². The maximum absolute atomic E-state index is 5.97. The molecule has 0 spiro atoms. The van der Waals surface area contributed by atoms with Crippen LogP contribution in [0.2, 0.25) is 0 Å². The van der Waals surface area contributed by atoms with E-state index in [9.17, 15) is 0 Å². The van der Waals surface area contributed by atoms with Crippen LogP contribution in [0, 0.1) is 0 Å².